The zero-order chi connectivity index (χ0) is 17.8. The van der Waals surface area contributed by atoms with Gasteiger partial charge in [-0.25, -0.2) is 0 Å². The van der Waals surface area contributed by atoms with Crippen molar-refractivity contribution < 1.29 is 19.1 Å². The van der Waals surface area contributed by atoms with Crippen LogP contribution in [0.15, 0.2) is 42.5 Å². The van der Waals surface area contributed by atoms with Gasteiger partial charge < -0.3 is 20.1 Å². The highest BCUT2D eigenvalue weighted by atomic mass is 16.5. The van der Waals surface area contributed by atoms with E-state index in [0.29, 0.717) is 28.4 Å². The lowest BCUT2D eigenvalue weighted by molar-refractivity contribution is -0.116. The zero-order valence-corrected chi connectivity index (χ0v) is 14.2. The molecule has 1 aliphatic heterocycles. The molecule has 6 heteroatoms. The molecule has 130 valence electrons. The maximum Gasteiger partial charge on any atom is 0.259 e. The molecule has 2 aromatic rings. The van der Waals surface area contributed by atoms with Crippen LogP contribution in [0, 0.1) is 0 Å². The van der Waals surface area contributed by atoms with Crippen LogP contribution in [0.3, 0.4) is 0 Å². The van der Waals surface area contributed by atoms with Crippen LogP contribution in [-0.4, -0.2) is 24.5 Å². The van der Waals surface area contributed by atoms with Gasteiger partial charge in [0.15, 0.2) is 5.75 Å². The largest absolute Gasteiger partial charge is 0.491 e. The molecule has 0 bridgehead atoms. The molecule has 1 aliphatic rings. The van der Waals surface area contributed by atoms with E-state index >= 15 is 0 Å². The van der Waals surface area contributed by atoms with Crippen LogP contribution in [0.2, 0.25) is 0 Å². The summed E-state index contributed by atoms with van der Waals surface area (Å²) in [5.41, 5.74) is 1.50. The monoisotopic (exact) mass is 340 g/mol. The highest BCUT2D eigenvalue weighted by molar-refractivity contribution is 6.08. The van der Waals surface area contributed by atoms with Crippen molar-refractivity contribution in [3.05, 3.63) is 48.0 Å². The van der Waals surface area contributed by atoms with E-state index in [1.165, 1.54) is 0 Å². The molecule has 0 unspecified atom stereocenters. The lowest BCUT2D eigenvalue weighted by Gasteiger charge is -2.14. The first-order valence-corrected chi connectivity index (χ1v) is 8.16. The van der Waals surface area contributed by atoms with E-state index in [4.69, 9.17) is 9.47 Å². The Labute approximate surface area is 146 Å². The quantitative estimate of drug-likeness (QED) is 0.894. The fourth-order valence-corrected chi connectivity index (χ4v) is 2.55. The SMILES string of the molecule is CC(C)Oc1cccc(NC(=O)c2cccc3c2OCCC(=O)N3)c1. The van der Waals surface area contributed by atoms with Crippen LogP contribution in [0.1, 0.15) is 30.6 Å². The molecule has 0 saturated carbocycles. The summed E-state index contributed by atoms with van der Waals surface area (Å²) in [6.45, 7) is 4.12. The molecule has 1 heterocycles. The van der Waals surface area contributed by atoms with E-state index in [-0.39, 0.29) is 30.9 Å². The number of fused-ring (bicyclic) bond motifs is 1. The predicted molar refractivity (Wildman–Crippen MR) is 95.3 cm³/mol. The summed E-state index contributed by atoms with van der Waals surface area (Å²) in [5.74, 6) is 0.633. The molecule has 2 aromatic carbocycles. The third-order valence-corrected chi connectivity index (χ3v) is 3.57. The number of rotatable bonds is 4. The number of nitrogens with one attached hydrogen (secondary N) is 2. The maximum absolute atomic E-state index is 12.7. The minimum Gasteiger partial charge on any atom is -0.491 e. The molecule has 2 amide bonds. The van der Waals surface area contributed by atoms with Crippen molar-refractivity contribution in [1.82, 2.24) is 0 Å². The standard InChI is InChI=1S/C19H20N2O4/c1-12(2)25-14-6-3-5-13(11-14)20-19(23)15-7-4-8-16-18(15)24-10-9-17(22)21-16/h3-8,11-12H,9-10H2,1-2H3,(H,20,23)(H,21,22). The van der Waals surface area contributed by atoms with Crippen molar-refractivity contribution >= 4 is 23.2 Å². The number of hydrogen-bond acceptors (Lipinski definition) is 4. The third kappa shape index (κ3) is 4.09. The van der Waals surface area contributed by atoms with Crippen LogP contribution >= 0.6 is 0 Å². The molecule has 2 N–H and O–H groups in total. The zero-order valence-electron chi connectivity index (χ0n) is 14.2. The average molecular weight is 340 g/mol. The highest BCUT2D eigenvalue weighted by Crippen LogP contribution is 2.32. The van der Waals surface area contributed by atoms with Crippen LogP contribution in [0.5, 0.6) is 11.5 Å². The number of ether oxygens (including phenoxy) is 2. The van der Waals surface area contributed by atoms with E-state index < -0.39 is 0 Å². The summed E-state index contributed by atoms with van der Waals surface area (Å²) >= 11 is 0. The third-order valence-electron chi connectivity index (χ3n) is 3.57. The lowest BCUT2D eigenvalue weighted by Crippen LogP contribution is -2.14. The second-order valence-electron chi connectivity index (χ2n) is 5.98. The molecule has 0 fully saturated rings. The van der Waals surface area contributed by atoms with Gasteiger partial charge in [-0.1, -0.05) is 12.1 Å². The van der Waals surface area contributed by atoms with Gasteiger partial charge in [-0.3, -0.25) is 9.59 Å². The van der Waals surface area contributed by atoms with Crippen molar-refractivity contribution in [3.8, 4) is 11.5 Å². The molecule has 0 atom stereocenters. The molecule has 0 spiro atoms. The normalized spacial score (nSPS) is 13.3. The Kier molecular flexibility index (Phi) is 4.88. The minimum absolute atomic E-state index is 0.0489. The van der Waals surface area contributed by atoms with Gasteiger partial charge in [-0.05, 0) is 38.1 Å². The lowest BCUT2D eigenvalue weighted by atomic mass is 10.1. The van der Waals surface area contributed by atoms with E-state index in [0.717, 1.165) is 0 Å². The average Bonchev–Trinajstić information content (AvgIpc) is 2.74. The smallest absolute Gasteiger partial charge is 0.259 e. The number of carbonyl (C=O) groups is 2. The Balaban J connectivity index is 1.83. The Morgan fingerprint density at radius 3 is 2.84 bits per heavy atom. The first kappa shape index (κ1) is 16.8. The summed E-state index contributed by atoms with van der Waals surface area (Å²) < 4.78 is 11.3. The molecule has 6 nitrogen and oxygen atoms in total. The summed E-state index contributed by atoms with van der Waals surface area (Å²) in [7, 11) is 0. The van der Waals surface area contributed by atoms with E-state index in [9.17, 15) is 9.59 Å². The first-order chi connectivity index (χ1) is 12.0. The molecule has 0 saturated heterocycles. The van der Waals surface area contributed by atoms with Gasteiger partial charge in [-0.15, -0.1) is 0 Å². The summed E-state index contributed by atoms with van der Waals surface area (Å²) in [6, 6.07) is 12.3. The van der Waals surface area contributed by atoms with Crippen LogP contribution in [0.4, 0.5) is 11.4 Å². The molecule has 3 rings (SSSR count). The molecule has 0 radical (unpaired) electrons. The first-order valence-electron chi connectivity index (χ1n) is 8.16. The van der Waals surface area contributed by atoms with Crippen LogP contribution < -0.4 is 20.1 Å². The predicted octanol–water partition coefficient (Wildman–Crippen LogP) is 3.45. The number of para-hydroxylation sites is 1. The highest BCUT2D eigenvalue weighted by Gasteiger charge is 2.21. The molecule has 25 heavy (non-hydrogen) atoms. The molecule has 0 aliphatic carbocycles. The number of amides is 2. The van der Waals surface area contributed by atoms with Gasteiger partial charge in [0.2, 0.25) is 5.91 Å². The van der Waals surface area contributed by atoms with Gasteiger partial charge in [-0.2, -0.15) is 0 Å². The van der Waals surface area contributed by atoms with Crippen molar-refractivity contribution in [3.63, 3.8) is 0 Å². The number of benzene rings is 2. The van der Waals surface area contributed by atoms with Gasteiger partial charge in [0.05, 0.1) is 30.4 Å². The maximum atomic E-state index is 12.7. The van der Waals surface area contributed by atoms with Gasteiger partial charge in [0, 0.05) is 11.8 Å². The van der Waals surface area contributed by atoms with Crippen LogP contribution in [0.25, 0.3) is 0 Å². The van der Waals surface area contributed by atoms with Crippen molar-refractivity contribution in [2.45, 2.75) is 26.4 Å². The van der Waals surface area contributed by atoms with Gasteiger partial charge in [0.1, 0.15) is 5.75 Å². The minimum atomic E-state index is -0.310. The Morgan fingerprint density at radius 1 is 1.24 bits per heavy atom. The van der Waals surface area contributed by atoms with Gasteiger partial charge >= 0.3 is 0 Å². The number of hydrogen-bond donors (Lipinski definition) is 2. The topological polar surface area (TPSA) is 76.7 Å². The Hall–Kier alpha value is -3.02. The number of anilines is 2. The Bertz CT molecular complexity index is 802. The Morgan fingerprint density at radius 2 is 2.04 bits per heavy atom. The van der Waals surface area contributed by atoms with Crippen molar-refractivity contribution in [2.24, 2.45) is 0 Å². The summed E-state index contributed by atoms with van der Waals surface area (Å²) in [6.07, 6.45) is 0.303. The second-order valence-corrected chi connectivity index (χ2v) is 5.98. The fourth-order valence-electron chi connectivity index (χ4n) is 2.55. The van der Waals surface area contributed by atoms with Gasteiger partial charge in [0.25, 0.3) is 5.91 Å². The van der Waals surface area contributed by atoms with Crippen molar-refractivity contribution in [1.29, 1.82) is 0 Å². The second kappa shape index (κ2) is 7.25. The number of carbonyl (C=O) groups excluding carboxylic acids is 2. The van der Waals surface area contributed by atoms with E-state index in [2.05, 4.69) is 10.6 Å². The fraction of sp³-hybridized carbons (Fsp3) is 0.263. The van der Waals surface area contributed by atoms with E-state index in [1.54, 1.807) is 30.3 Å². The molecule has 0 aromatic heterocycles. The van der Waals surface area contributed by atoms with E-state index in [1.807, 2.05) is 26.0 Å². The summed E-state index contributed by atoms with van der Waals surface area (Å²) in [4.78, 5) is 24.3. The molecular formula is C19H20N2O4. The van der Waals surface area contributed by atoms with Crippen molar-refractivity contribution in [2.75, 3.05) is 17.2 Å². The molecular weight excluding hydrogens is 320 g/mol. The summed E-state index contributed by atoms with van der Waals surface area (Å²) in [5, 5.41) is 5.59. The van der Waals surface area contributed by atoms with Crippen LogP contribution in [-0.2, 0) is 4.79 Å².